The fraction of sp³-hybridized carbons (Fsp3) is 0.200. The molecule has 0 aromatic heterocycles. The van der Waals surface area contributed by atoms with Crippen LogP contribution in [0.5, 0.6) is 0 Å². The molecule has 0 radical (unpaired) electrons. The van der Waals surface area contributed by atoms with Crippen molar-refractivity contribution < 1.29 is 13.6 Å². The molecule has 1 unspecified atom stereocenters. The second-order valence-electron chi connectivity index (χ2n) is 4.20. The molecule has 0 heterocycles. The molecule has 0 saturated carbocycles. The monoisotopic (exact) mass is 276 g/mol. The third kappa shape index (κ3) is 4.32. The van der Waals surface area contributed by atoms with Gasteiger partial charge >= 0.3 is 7.60 Å². The Labute approximate surface area is 113 Å². The van der Waals surface area contributed by atoms with Gasteiger partial charge in [-0.05, 0) is 11.1 Å². The van der Waals surface area contributed by atoms with Crippen molar-refractivity contribution in [1.82, 2.24) is 0 Å². The molecule has 0 amide bonds. The molecule has 3 nitrogen and oxygen atoms in total. The second-order valence-corrected chi connectivity index (χ2v) is 6.36. The Morgan fingerprint density at radius 3 is 1.95 bits per heavy atom. The van der Waals surface area contributed by atoms with Gasteiger partial charge in [-0.1, -0.05) is 60.7 Å². The highest BCUT2D eigenvalue weighted by Crippen LogP contribution is 2.51. The van der Waals surface area contributed by atoms with Gasteiger partial charge in [-0.15, -0.1) is 0 Å². The van der Waals surface area contributed by atoms with Gasteiger partial charge in [-0.25, -0.2) is 0 Å². The molecule has 1 atom stereocenters. The van der Waals surface area contributed by atoms with Crippen molar-refractivity contribution in [2.24, 2.45) is 0 Å². The van der Waals surface area contributed by atoms with E-state index in [4.69, 9.17) is 9.05 Å². The Morgan fingerprint density at radius 1 is 0.895 bits per heavy atom. The molecule has 0 saturated heterocycles. The molecule has 100 valence electrons. The smallest absolute Gasteiger partial charge is 0.312 e. The summed E-state index contributed by atoms with van der Waals surface area (Å²) in [5.41, 5.74) is 1.92. The molecule has 0 spiro atoms. The van der Waals surface area contributed by atoms with E-state index in [9.17, 15) is 4.57 Å². The zero-order chi connectivity index (χ0) is 13.6. The molecule has 2 aromatic rings. The van der Waals surface area contributed by atoms with E-state index in [1.165, 1.54) is 7.11 Å². The molecule has 0 aliphatic carbocycles. The average molecular weight is 276 g/mol. The van der Waals surface area contributed by atoms with Crippen LogP contribution >= 0.6 is 7.60 Å². The Kier molecular flexibility index (Phi) is 4.92. The second kappa shape index (κ2) is 6.67. The maximum atomic E-state index is 12.5. The third-order valence-corrected chi connectivity index (χ3v) is 4.60. The van der Waals surface area contributed by atoms with Crippen LogP contribution in [0.25, 0.3) is 0 Å². The predicted octanol–water partition coefficient (Wildman–Crippen LogP) is 4.24. The highest BCUT2D eigenvalue weighted by Gasteiger charge is 2.23. The maximum Gasteiger partial charge on any atom is 0.335 e. The minimum Gasteiger partial charge on any atom is -0.312 e. The van der Waals surface area contributed by atoms with Gasteiger partial charge in [-0.2, -0.15) is 0 Å². The van der Waals surface area contributed by atoms with Crippen LogP contribution in [-0.2, 0) is 26.4 Å². The Hall–Kier alpha value is -1.41. The first-order valence-electron chi connectivity index (χ1n) is 6.09. The standard InChI is InChI=1S/C15H17O3P/c1-17-19(16,13-15-10-6-3-7-11-15)18-12-14-8-4-2-5-9-14/h2-11H,12-13H2,1H3. The SMILES string of the molecule is COP(=O)(Cc1ccccc1)OCc1ccccc1. The van der Waals surface area contributed by atoms with Gasteiger partial charge in [-0.3, -0.25) is 4.57 Å². The van der Waals surface area contributed by atoms with Gasteiger partial charge in [0.05, 0.1) is 12.8 Å². The van der Waals surface area contributed by atoms with E-state index in [-0.39, 0.29) is 6.16 Å². The van der Waals surface area contributed by atoms with E-state index in [1.54, 1.807) is 0 Å². The van der Waals surface area contributed by atoms with Gasteiger partial charge in [0.1, 0.15) is 0 Å². The summed E-state index contributed by atoms with van der Waals surface area (Å²) in [6.45, 7) is 0.290. The van der Waals surface area contributed by atoms with E-state index in [0.29, 0.717) is 6.61 Å². The lowest BCUT2D eigenvalue weighted by atomic mass is 10.2. The van der Waals surface area contributed by atoms with E-state index >= 15 is 0 Å². The normalized spacial score (nSPS) is 13.9. The molecule has 0 aliphatic heterocycles. The number of benzene rings is 2. The third-order valence-electron chi connectivity index (χ3n) is 2.77. The highest BCUT2D eigenvalue weighted by atomic mass is 31.2. The van der Waals surface area contributed by atoms with Crippen LogP contribution < -0.4 is 0 Å². The zero-order valence-electron chi connectivity index (χ0n) is 10.9. The largest absolute Gasteiger partial charge is 0.335 e. The van der Waals surface area contributed by atoms with Crippen LogP contribution in [-0.4, -0.2) is 7.11 Å². The lowest BCUT2D eigenvalue weighted by molar-refractivity contribution is 0.224. The molecular formula is C15H17O3P. The summed E-state index contributed by atoms with van der Waals surface area (Å²) in [6, 6.07) is 19.2. The summed E-state index contributed by atoms with van der Waals surface area (Å²) in [7, 11) is -1.66. The summed E-state index contributed by atoms with van der Waals surface area (Å²) in [5, 5.41) is 0. The first-order chi connectivity index (χ1) is 9.22. The quantitative estimate of drug-likeness (QED) is 0.740. The number of hydrogen-bond donors (Lipinski definition) is 0. The molecule has 0 bridgehead atoms. The summed E-state index contributed by atoms with van der Waals surface area (Å²) in [4.78, 5) is 0. The van der Waals surface area contributed by atoms with Gasteiger partial charge in [0.2, 0.25) is 0 Å². The molecule has 2 rings (SSSR count). The van der Waals surface area contributed by atoms with Crippen molar-refractivity contribution in [3.05, 3.63) is 71.8 Å². The predicted molar refractivity (Wildman–Crippen MR) is 76.0 cm³/mol. The molecule has 19 heavy (non-hydrogen) atoms. The first-order valence-corrected chi connectivity index (χ1v) is 7.82. The molecule has 0 N–H and O–H groups in total. The molecular weight excluding hydrogens is 259 g/mol. The van der Waals surface area contributed by atoms with Gasteiger partial charge in [0, 0.05) is 7.11 Å². The van der Waals surface area contributed by atoms with Crippen LogP contribution in [0.4, 0.5) is 0 Å². The topological polar surface area (TPSA) is 35.5 Å². The van der Waals surface area contributed by atoms with Crippen LogP contribution in [0.1, 0.15) is 11.1 Å². The van der Waals surface area contributed by atoms with Crippen LogP contribution in [0.15, 0.2) is 60.7 Å². The zero-order valence-corrected chi connectivity index (χ0v) is 11.8. The van der Waals surface area contributed by atoms with Gasteiger partial charge in [0.15, 0.2) is 0 Å². The lowest BCUT2D eigenvalue weighted by Gasteiger charge is -2.16. The van der Waals surface area contributed by atoms with Crippen molar-refractivity contribution >= 4 is 7.60 Å². The minimum atomic E-state index is -3.09. The molecule has 0 aliphatic rings. The van der Waals surface area contributed by atoms with E-state index in [1.807, 2.05) is 60.7 Å². The molecule has 4 heteroatoms. The van der Waals surface area contributed by atoms with Crippen LogP contribution in [0, 0.1) is 0 Å². The summed E-state index contributed by atoms with van der Waals surface area (Å²) in [6.07, 6.45) is 0.289. The summed E-state index contributed by atoms with van der Waals surface area (Å²) < 4.78 is 23.1. The fourth-order valence-electron chi connectivity index (χ4n) is 1.72. The van der Waals surface area contributed by atoms with Crippen molar-refractivity contribution in [2.45, 2.75) is 12.8 Å². The van der Waals surface area contributed by atoms with E-state index in [0.717, 1.165) is 11.1 Å². The molecule has 0 fully saturated rings. The lowest BCUT2D eigenvalue weighted by Crippen LogP contribution is -1.97. The Morgan fingerprint density at radius 2 is 1.42 bits per heavy atom. The average Bonchev–Trinajstić information content (AvgIpc) is 2.47. The summed E-state index contributed by atoms with van der Waals surface area (Å²) in [5.74, 6) is 0. The van der Waals surface area contributed by atoms with Crippen molar-refractivity contribution in [3.8, 4) is 0 Å². The minimum absolute atomic E-state index is 0.289. The van der Waals surface area contributed by atoms with Crippen LogP contribution in [0.3, 0.4) is 0 Å². The number of hydrogen-bond acceptors (Lipinski definition) is 3. The van der Waals surface area contributed by atoms with E-state index < -0.39 is 7.60 Å². The number of rotatable bonds is 6. The van der Waals surface area contributed by atoms with Crippen molar-refractivity contribution in [2.75, 3.05) is 7.11 Å². The summed E-state index contributed by atoms with van der Waals surface area (Å²) >= 11 is 0. The Balaban J connectivity index is 2.00. The van der Waals surface area contributed by atoms with Gasteiger partial charge < -0.3 is 9.05 Å². The maximum absolute atomic E-state index is 12.5. The first kappa shape index (κ1) is 14.0. The van der Waals surface area contributed by atoms with E-state index in [2.05, 4.69) is 0 Å². The van der Waals surface area contributed by atoms with Crippen LogP contribution in [0.2, 0.25) is 0 Å². The fourth-order valence-corrected chi connectivity index (χ4v) is 3.05. The van der Waals surface area contributed by atoms with Crippen molar-refractivity contribution in [1.29, 1.82) is 0 Å². The highest BCUT2D eigenvalue weighted by molar-refractivity contribution is 7.52. The molecule has 2 aromatic carbocycles. The Bertz CT molecular complexity index is 540. The van der Waals surface area contributed by atoms with Gasteiger partial charge in [0.25, 0.3) is 0 Å². The van der Waals surface area contributed by atoms with Crippen molar-refractivity contribution in [3.63, 3.8) is 0 Å².